The van der Waals surface area contributed by atoms with Crippen molar-refractivity contribution in [2.75, 3.05) is 17.2 Å². The molecule has 1 heterocycles. The van der Waals surface area contributed by atoms with Crippen LogP contribution in [0.4, 0.5) is 5.69 Å². The summed E-state index contributed by atoms with van der Waals surface area (Å²) in [5, 5.41) is 12.0. The van der Waals surface area contributed by atoms with Gasteiger partial charge >= 0.3 is 5.97 Å². The number of nitrogens with zero attached hydrogens (tertiary/aromatic N) is 1. The fourth-order valence-electron chi connectivity index (χ4n) is 3.23. The number of thioether (sulfide) groups is 1. The number of benzene rings is 1. The van der Waals surface area contributed by atoms with Crippen LogP contribution in [0, 0.1) is 5.92 Å². The van der Waals surface area contributed by atoms with Crippen molar-refractivity contribution < 1.29 is 19.5 Å². The average Bonchev–Trinajstić information content (AvgIpc) is 2.58. The molecule has 1 aliphatic carbocycles. The highest BCUT2D eigenvalue weighted by molar-refractivity contribution is 8.00. The molecule has 1 aliphatic heterocycles. The largest absolute Gasteiger partial charge is 0.481 e. The van der Waals surface area contributed by atoms with E-state index in [1.807, 2.05) is 24.3 Å². The molecule has 1 aromatic carbocycles. The van der Waals surface area contributed by atoms with Crippen LogP contribution in [0.2, 0.25) is 0 Å². The molecule has 0 saturated heterocycles. The molecule has 0 spiro atoms. The second kappa shape index (κ2) is 7.25. The second-order valence-corrected chi connectivity index (χ2v) is 7.21. The molecular formula is C17H20N2O4S. The fraction of sp³-hybridized carbons (Fsp3) is 0.471. The summed E-state index contributed by atoms with van der Waals surface area (Å²) in [6, 6.07) is 7.57. The van der Waals surface area contributed by atoms with Gasteiger partial charge in [0.25, 0.3) is 0 Å². The lowest BCUT2D eigenvalue weighted by atomic mass is 9.86. The van der Waals surface area contributed by atoms with Crippen LogP contribution in [-0.2, 0) is 14.4 Å². The number of carboxylic acids is 1. The standard InChI is InChI=1S/C17H20N2O4S/c20-15(18-12-7-5-11(6-8-12)17(22)23)9-19-13-3-1-2-4-14(13)24-10-16(19)21/h1-4,11-12H,5-10H2,(H,18,20)(H,22,23). The molecule has 0 aromatic heterocycles. The van der Waals surface area contributed by atoms with Crippen LogP contribution in [0.25, 0.3) is 0 Å². The van der Waals surface area contributed by atoms with Gasteiger partial charge in [-0.2, -0.15) is 0 Å². The van der Waals surface area contributed by atoms with E-state index in [0.29, 0.717) is 31.4 Å². The molecule has 2 aliphatic rings. The van der Waals surface area contributed by atoms with Crippen LogP contribution >= 0.6 is 11.8 Å². The summed E-state index contributed by atoms with van der Waals surface area (Å²) in [7, 11) is 0. The van der Waals surface area contributed by atoms with Gasteiger partial charge in [-0.05, 0) is 37.8 Å². The van der Waals surface area contributed by atoms with Crippen LogP contribution in [0.1, 0.15) is 25.7 Å². The Kier molecular flexibility index (Phi) is 5.08. The van der Waals surface area contributed by atoms with Gasteiger partial charge in [0.05, 0.1) is 17.4 Å². The number of anilines is 1. The summed E-state index contributed by atoms with van der Waals surface area (Å²) in [5.74, 6) is -0.973. The molecule has 128 valence electrons. The zero-order valence-corrected chi connectivity index (χ0v) is 14.1. The molecular weight excluding hydrogens is 328 g/mol. The maximum atomic E-state index is 12.3. The van der Waals surface area contributed by atoms with E-state index in [1.54, 1.807) is 0 Å². The van der Waals surface area contributed by atoms with E-state index in [4.69, 9.17) is 5.11 Å². The van der Waals surface area contributed by atoms with Gasteiger partial charge in [0, 0.05) is 10.9 Å². The molecule has 0 unspecified atom stereocenters. The Hall–Kier alpha value is -2.02. The maximum Gasteiger partial charge on any atom is 0.306 e. The van der Waals surface area contributed by atoms with Gasteiger partial charge in [-0.15, -0.1) is 11.8 Å². The second-order valence-electron chi connectivity index (χ2n) is 6.19. The topological polar surface area (TPSA) is 86.7 Å². The van der Waals surface area contributed by atoms with E-state index in [9.17, 15) is 14.4 Å². The summed E-state index contributed by atoms with van der Waals surface area (Å²) < 4.78 is 0. The number of amides is 2. The minimum Gasteiger partial charge on any atom is -0.481 e. The van der Waals surface area contributed by atoms with Gasteiger partial charge in [-0.25, -0.2) is 0 Å². The smallest absolute Gasteiger partial charge is 0.306 e. The highest BCUT2D eigenvalue weighted by Crippen LogP contribution is 2.34. The third-order valence-electron chi connectivity index (χ3n) is 4.55. The van der Waals surface area contributed by atoms with E-state index in [0.717, 1.165) is 10.6 Å². The van der Waals surface area contributed by atoms with Crippen molar-refractivity contribution >= 4 is 35.2 Å². The number of hydrogen-bond donors (Lipinski definition) is 2. The number of rotatable bonds is 4. The minimum absolute atomic E-state index is 0.00221. The van der Waals surface area contributed by atoms with Crippen LogP contribution in [0.3, 0.4) is 0 Å². The van der Waals surface area contributed by atoms with E-state index < -0.39 is 5.97 Å². The summed E-state index contributed by atoms with van der Waals surface area (Å²) in [6.45, 7) is 0.00919. The van der Waals surface area contributed by atoms with Crippen LogP contribution in [-0.4, -0.2) is 41.2 Å². The number of carbonyl (C=O) groups excluding carboxylic acids is 2. The predicted octanol–water partition coefficient (Wildman–Crippen LogP) is 1.88. The number of nitrogens with one attached hydrogen (secondary N) is 1. The van der Waals surface area contributed by atoms with Gasteiger partial charge in [0.15, 0.2) is 0 Å². The monoisotopic (exact) mass is 348 g/mol. The minimum atomic E-state index is -0.757. The van der Waals surface area contributed by atoms with Gasteiger partial charge in [0.1, 0.15) is 6.54 Å². The highest BCUT2D eigenvalue weighted by Gasteiger charge is 2.29. The Morgan fingerprint density at radius 3 is 2.62 bits per heavy atom. The third-order valence-corrected chi connectivity index (χ3v) is 5.60. The van der Waals surface area contributed by atoms with Crippen molar-refractivity contribution in [3.05, 3.63) is 24.3 Å². The number of carboxylic acid groups (broad SMARTS) is 1. The van der Waals surface area contributed by atoms with Crippen LogP contribution < -0.4 is 10.2 Å². The van der Waals surface area contributed by atoms with Crippen LogP contribution in [0.5, 0.6) is 0 Å². The van der Waals surface area contributed by atoms with Crippen molar-refractivity contribution in [2.24, 2.45) is 5.92 Å². The summed E-state index contributed by atoms with van der Waals surface area (Å²) >= 11 is 1.49. The molecule has 3 rings (SSSR count). The number of aliphatic carboxylic acids is 1. The SMILES string of the molecule is O=C(CN1C(=O)CSc2ccccc21)NC1CCC(C(=O)O)CC1. The number of para-hydroxylation sites is 1. The summed E-state index contributed by atoms with van der Waals surface area (Å²) in [5.41, 5.74) is 0.781. The lowest BCUT2D eigenvalue weighted by molar-refractivity contribution is -0.142. The van der Waals surface area contributed by atoms with Crippen molar-refractivity contribution in [3.8, 4) is 0 Å². The van der Waals surface area contributed by atoms with Crippen molar-refractivity contribution in [3.63, 3.8) is 0 Å². The molecule has 2 amide bonds. The van der Waals surface area contributed by atoms with E-state index >= 15 is 0 Å². The first kappa shape index (κ1) is 16.8. The Labute approximate surface area is 144 Å². The number of hydrogen-bond acceptors (Lipinski definition) is 4. The van der Waals surface area contributed by atoms with Crippen molar-refractivity contribution in [2.45, 2.75) is 36.6 Å². The Bertz CT molecular complexity index is 656. The lowest BCUT2D eigenvalue weighted by Gasteiger charge is -2.30. The Balaban J connectivity index is 1.58. The van der Waals surface area contributed by atoms with Gasteiger partial charge in [-0.3, -0.25) is 14.4 Å². The summed E-state index contributed by atoms with van der Waals surface area (Å²) in [4.78, 5) is 38.0. The first-order valence-corrected chi connectivity index (χ1v) is 9.07. The van der Waals surface area contributed by atoms with Gasteiger partial charge in [0.2, 0.25) is 11.8 Å². The Morgan fingerprint density at radius 1 is 1.21 bits per heavy atom. The average molecular weight is 348 g/mol. The fourth-order valence-corrected chi connectivity index (χ4v) is 4.16. The molecule has 6 nitrogen and oxygen atoms in total. The molecule has 0 radical (unpaired) electrons. The quantitative estimate of drug-likeness (QED) is 0.868. The van der Waals surface area contributed by atoms with E-state index in [1.165, 1.54) is 16.7 Å². The molecule has 1 saturated carbocycles. The van der Waals surface area contributed by atoms with Gasteiger partial charge < -0.3 is 15.3 Å². The first-order valence-electron chi connectivity index (χ1n) is 8.09. The molecule has 2 N–H and O–H groups in total. The maximum absolute atomic E-state index is 12.3. The molecule has 7 heteroatoms. The Morgan fingerprint density at radius 2 is 1.92 bits per heavy atom. The lowest BCUT2D eigenvalue weighted by Crippen LogP contribution is -2.47. The normalized spacial score (nSPS) is 23.5. The zero-order chi connectivity index (χ0) is 17.1. The first-order chi connectivity index (χ1) is 11.5. The van der Waals surface area contributed by atoms with Crippen molar-refractivity contribution in [1.82, 2.24) is 5.32 Å². The molecule has 0 atom stereocenters. The molecule has 0 bridgehead atoms. The molecule has 1 aromatic rings. The summed E-state index contributed by atoms with van der Waals surface area (Å²) in [6.07, 6.45) is 2.51. The van der Waals surface area contributed by atoms with E-state index in [2.05, 4.69) is 5.32 Å². The zero-order valence-electron chi connectivity index (χ0n) is 13.2. The third kappa shape index (κ3) is 3.72. The van der Waals surface area contributed by atoms with Crippen LogP contribution in [0.15, 0.2) is 29.2 Å². The van der Waals surface area contributed by atoms with Gasteiger partial charge in [-0.1, -0.05) is 12.1 Å². The van der Waals surface area contributed by atoms with E-state index in [-0.39, 0.29) is 30.3 Å². The molecule has 1 fully saturated rings. The highest BCUT2D eigenvalue weighted by atomic mass is 32.2. The number of carbonyl (C=O) groups is 3. The predicted molar refractivity (Wildman–Crippen MR) is 91.0 cm³/mol. The number of fused-ring (bicyclic) bond motifs is 1. The molecule has 24 heavy (non-hydrogen) atoms. The van der Waals surface area contributed by atoms with Crippen molar-refractivity contribution in [1.29, 1.82) is 0 Å².